The van der Waals surface area contributed by atoms with Crippen LogP contribution in [0.15, 0.2) is 72.8 Å². The van der Waals surface area contributed by atoms with Gasteiger partial charge in [0.25, 0.3) is 5.91 Å². The highest BCUT2D eigenvalue weighted by molar-refractivity contribution is 6.14. The molecule has 0 aliphatic carbocycles. The Bertz CT molecular complexity index is 893. The van der Waals surface area contributed by atoms with Gasteiger partial charge in [-0.2, -0.15) is 0 Å². The van der Waals surface area contributed by atoms with Gasteiger partial charge in [0.2, 0.25) is 0 Å². The first kappa shape index (κ1) is 14.3. The summed E-state index contributed by atoms with van der Waals surface area (Å²) in [6, 6.07) is 22.0. The van der Waals surface area contributed by atoms with Gasteiger partial charge >= 0.3 is 0 Å². The second-order valence-electron chi connectivity index (χ2n) is 5.64. The number of anilines is 2. The van der Waals surface area contributed by atoms with Crippen molar-refractivity contribution in [2.24, 2.45) is 0 Å². The molecule has 0 atom stereocenters. The van der Waals surface area contributed by atoms with Crippen molar-refractivity contribution < 1.29 is 9.90 Å². The summed E-state index contributed by atoms with van der Waals surface area (Å²) in [7, 11) is 0. The Kier molecular flexibility index (Phi) is 3.39. The monoisotopic (exact) mass is 313 g/mol. The number of carbonyl (C=O) groups excluding carboxylic acids is 1. The summed E-state index contributed by atoms with van der Waals surface area (Å²) >= 11 is 0. The summed E-state index contributed by atoms with van der Waals surface area (Å²) in [5, 5.41) is 9.47. The Morgan fingerprint density at radius 1 is 0.708 bits per heavy atom. The van der Waals surface area contributed by atoms with Gasteiger partial charge in [0.1, 0.15) is 5.75 Å². The van der Waals surface area contributed by atoms with Crippen molar-refractivity contribution in [3.63, 3.8) is 0 Å². The lowest BCUT2D eigenvalue weighted by Gasteiger charge is -2.25. The van der Waals surface area contributed by atoms with Crippen LogP contribution in [-0.2, 0) is 0 Å². The smallest absolute Gasteiger partial charge is 0.262 e. The van der Waals surface area contributed by atoms with Crippen molar-refractivity contribution in [3.8, 4) is 5.75 Å². The number of fused-ring (bicyclic) bond motifs is 2. The van der Waals surface area contributed by atoms with Gasteiger partial charge in [0.15, 0.2) is 0 Å². The molecule has 3 nitrogen and oxygen atoms in total. The van der Waals surface area contributed by atoms with E-state index in [4.69, 9.17) is 0 Å². The molecule has 24 heavy (non-hydrogen) atoms. The van der Waals surface area contributed by atoms with E-state index in [0.717, 1.165) is 22.5 Å². The lowest BCUT2D eigenvalue weighted by atomic mass is 10.1. The predicted octanol–water partition coefficient (Wildman–Crippen LogP) is 4.85. The van der Waals surface area contributed by atoms with Crippen LogP contribution in [0.1, 0.15) is 21.5 Å². The van der Waals surface area contributed by atoms with E-state index in [1.54, 1.807) is 17.0 Å². The number of hydrogen-bond donors (Lipinski definition) is 1. The lowest BCUT2D eigenvalue weighted by molar-refractivity contribution is 0.0999. The molecule has 0 aromatic heterocycles. The number of phenolic OH excluding ortho intramolecular Hbond substituents is 1. The molecule has 3 aromatic carbocycles. The third kappa shape index (κ3) is 2.36. The van der Waals surface area contributed by atoms with Gasteiger partial charge in [-0.3, -0.25) is 9.69 Å². The average Bonchev–Trinajstić information content (AvgIpc) is 2.79. The zero-order chi connectivity index (χ0) is 16.5. The molecule has 1 N–H and O–H groups in total. The molecule has 0 bridgehead atoms. The minimum Gasteiger partial charge on any atom is -0.508 e. The molecule has 3 heteroatoms. The van der Waals surface area contributed by atoms with E-state index >= 15 is 0 Å². The quantitative estimate of drug-likeness (QED) is 0.697. The summed E-state index contributed by atoms with van der Waals surface area (Å²) in [6.45, 7) is 0. The third-order valence-corrected chi connectivity index (χ3v) is 4.12. The van der Waals surface area contributed by atoms with Crippen LogP contribution in [0.5, 0.6) is 5.75 Å². The Balaban J connectivity index is 1.91. The Morgan fingerprint density at radius 3 is 1.75 bits per heavy atom. The topological polar surface area (TPSA) is 40.5 Å². The molecule has 1 amide bonds. The standard InChI is InChI=1S/C21H15NO2/c23-18-13-11-17(12-14-18)21(24)22-19-7-3-1-5-15(19)9-10-16-6-2-4-8-20(16)22/h1-14,23H. The molecular formula is C21H15NO2. The van der Waals surface area contributed by atoms with Crippen LogP contribution in [0.3, 0.4) is 0 Å². The molecular weight excluding hydrogens is 298 g/mol. The molecule has 0 fully saturated rings. The number of phenols is 1. The fraction of sp³-hybridized carbons (Fsp3) is 0. The van der Waals surface area contributed by atoms with Crippen LogP contribution in [0.2, 0.25) is 0 Å². The maximum atomic E-state index is 13.2. The number of hydrogen-bond acceptors (Lipinski definition) is 2. The van der Waals surface area contributed by atoms with Crippen LogP contribution in [0, 0.1) is 0 Å². The largest absolute Gasteiger partial charge is 0.508 e. The number of carbonyl (C=O) groups is 1. The SMILES string of the molecule is O=C(c1ccc(O)cc1)N1c2ccccc2C=Cc2ccccc21. The molecule has 3 aromatic rings. The molecule has 1 heterocycles. The zero-order valence-electron chi connectivity index (χ0n) is 12.9. The van der Waals surface area contributed by atoms with Crippen molar-refractivity contribution >= 4 is 29.4 Å². The highest BCUT2D eigenvalue weighted by Crippen LogP contribution is 2.37. The minimum absolute atomic E-state index is 0.126. The summed E-state index contributed by atoms with van der Waals surface area (Å²) in [6.07, 6.45) is 4.05. The molecule has 1 aliphatic heterocycles. The number of rotatable bonds is 1. The van der Waals surface area contributed by atoms with Crippen molar-refractivity contribution in [1.29, 1.82) is 0 Å². The predicted molar refractivity (Wildman–Crippen MR) is 96.4 cm³/mol. The second kappa shape index (κ2) is 5.70. The highest BCUT2D eigenvalue weighted by atomic mass is 16.3. The van der Waals surface area contributed by atoms with Crippen LogP contribution in [-0.4, -0.2) is 11.0 Å². The van der Waals surface area contributed by atoms with Crippen LogP contribution in [0.4, 0.5) is 11.4 Å². The molecule has 0 unspecified atom stereocenters. The van der Waals surface area contributed by atoms with E-state index in [1.165, 1.54) is 12.1 Å². The van der Waals surface area contributed by atoms with Gasteiger partial charge in [-0.05, 0) is 47.5 Å². The fourth-order valence-corrected chi connectivity index (χ4v) is 2.93. The van der Waals surface area contributed by atoms with Gasteiger partial charge in [-0.1, -0.05) is 48.6 Å². The van der Waals surface area contributed by atoms with Crippen LogP contribution in [0.25, 0.3) is 12.2 Å². The van der Waals surface area contributed by atoms with Crippen LogP contribution >= 0.6 is 0 Å². The first-order chi connectivity index (χ1) is 11.7. The van der Waals surface area contributed by atoms with Crippen molar-refractivity contribution in [3.05, 3.63) is 89.5 Å². The van der Waals surface area contributed by atoms with Gasteiger partial charge in [0, 0.05) is 5.56 Å². The fourth-order valence-electron chi connectivity index (χ4n) is 2.93. The van der Waals surface area contributed by atoms with E-state index in [-0.39, 0.29) is 11.7 Å². The third-order valence-electron chi connectivity index (χ3n) is 4.12. The number of amides is 1. The lowest BCUT2D eigenvalue weighted by Crippen LogP contribution is -2.26. The maximum Gasteiger partial charge on any atom is 0.262 e. The van der Waals surface area contributed by atoms with E-state index in [0.29, 0.717) is 5.56 Å². The second-order valence-corrected chi connectivity index (χ2v) is 5.64. The van der Waals surface area contributed by atoms with E-state index < -0.39 is 0 Å². The van der Waals surface area contributed by atoms with Gasteiger partial charge in [0.05, 0.1) is 11.4 Å². The average molecular weight is 313 g/mol. The van der Waals surface area contributed by atoms with Crippen molar-refractivity contribution in [1.82, 2.24) is 0 Å². The summed E-state index contributed by atoms with van der Waals surface area (Å²) in [5.74, 6) is 0.0171. The zero-order valence-corrected chi connectivity index (χ0v) is 12.9. The summed E-state index contributed by atoms with van der Waals surface area (Å²) < 4.78 is 0. The van der Waals surface area contributed by atoms with Crippen molar-refractivity contribution in [2.75, 3.05) is 4.90 Å². The number of aromatic hydroxyl groups is 1. The number of benzene rings is 3. The Hall–Kier alpha value is -3.33. The molecule has 1 aliphatic rings. The molecule has 0 saturated heterocycles. The Labute approximate surface area is 140 Å². The summed E-state index contributed by atoms with van der Waals surface area (Å²) in [4.78, 5) is 14.9. The molecule has 0 radical (unpaired) electrons. The number of nitrogens with zero attached hydrogens (tertiary/aromatic N) is 1. The molecule has 0 saturated carbocycles. The van der Waals surface area contributed by atoms with Gasteiger partial charge in [-0.15, -0.1) is 0 Å². The van der Waals surface area contributed by atoms with Crippen molar-refractivity contribution in [2.45, 2.75) is 0 Å². The minimum atomic E-state index is -0.126. The first-order valence-corrected chi connectivity index (χ1v) is 7.74. The van der Waals surface area contributed by atoms with E-state index in [9.17, 15) is 9.90 Å². The first-order valence-electron chi connectivity index (χ1n) is 7.74. The van der Waals surface area contributed by atoms with E-state index in [2.05, 4.69) is 0 Å². The normalized spacial score (nSPS) is 12.2. The highest BCUT2D eigenvalue weighted by Gasteiger charge is 2.24. The van der Waals surface area contributed by atoms with E-state index in [1.807, 2.05) is 60.7 Å². The van der Waals surface area contributed by atoms with Gasteiger partial charge < -0.3 is 5.11 Å². The Morgan fingerprint density at radius 2 is 1.21 bits per heavy atom. The van der Waals surface area contributed by atoms with Gasteiger partial charge in [-0.25, -0.2) is 0 Å². The number of para-hydroxylation sites is 2. The van der Waals surface area contributed by atoms with Crippen LogP contribution < -0.4 is 4.90 Å². The molecule has 0 spiro atoms. The molecule has 116 valence electrons. The maximum absolute atomic E-state index is 13.2. The molecule has 4 rings (SSSR count). The summed E-state index contributed by atoms with van der Waals surface area (Å²) in [5.41, 5.74) is 4.19.